The molecule has 0 aromatic heterocycles. The summed E-state index contributed by atoms with van der Waals surface area (Å²) in [6.07, 6.45) is 0. The van der Waals surface area contributed by atoms with Crippen LogP contribution in [-0.4, -0.2) is 5.11 Å². The third kappa shape index (κ3) is 3.75. The second kappa shape index (κ2) is 5.56. The van der Waals surface area contributed by atoms with E-state index in [0.717, 1.165) is 14.9 Å². The summed E-state index contributed by atoms with van der Waals surface area (Å²) in [4.78, 5) is 1.04. The SMILES string of the molecule is Oc1ccc(SCc2cc(F)cc(Br)c2)cc1. The minimum Gasteiger partial charge on any atom is -0.508 e. The summed E-state index contributed by atoms with van der Waals surface area (Å²) in [6.45, 7) is 0. The molecule has 0 heterocycles. The molecule has 0 atom stereocenters. The predicted octanol–water partition coefficient (Wildman–Crippen LogP) is 4.59. The molecule has 2 aromatic carbocycles. The van der Waals surface area contributed by atoms with Crippen molar-refractivity contribution in [2.75, 3.05) is 0 Å². The van der Waals surface area contributed by atoms with Gasteiger partial charge >= 0.3 is 0 Å². The summed E-state index contributed by atoms with van der Waals surface area (Å²) in [6, 6.07) is 11.8. The maximum Gasteiger partial charge on any atom is 0.124 e. The van der Waals surface area contributed by atoms with Crippen molar-refractivity contribution >= 4 is 27.7 Å². The second-order valence-corrected chi connectivity index (χ2v) is 5.52. The van der Waals surface area contributed by atoms with E-state index in [4.69, 9.17) is 5.11 Å². The van der Waals surface area contributed by atoms with E-state index < -0.39 is 0 Å². The normalized spacial score (nSPS) is 10.5. The third-order valence-electron chi connectivity index (χ3n) is 2.16. The lowest BCUT2D eigenvalue weighted by Crippen LogP contribution is -1.84. The van der Waals surface area contributed by atoms with Gasteiger partial charge in [0.1, 0.15) is 11.6 Å². The Morgan fingerprint density at radius 3 is 2.47 bits per heavy atom. The first kappa shape index (κ1) is 12.5. The molecule has 0 aliphatic heterocycles. The van der Waals surface area contributed by atoms with Crippen LogP contribution in [-0.2, 0) is 5.75 Å². The van der Waals surface area contributed by atoms with Gasteiger partial charge in [-0.3, -0.25) is 0 Å². The fraction of sp³-hybridized carbons (Fsp3) is 0.0769. The molecule has 88 valence electrons. The molecular formula is C13H10BrFOS. The quantitative estimate of drug-likeness (QED) is 0.837. The molecule has 0 unspecified atom stereocenters. The Morgan fingerprint density at radius 2 is 1.82 bits per heavy atom. The number of hydrogen-bond donors (Lipinski definition) is 1. The van der Waals surface area contributed by atoms with E-state index in [9.17, 15) is 4.39 Å². The molecule has 2 aromatic rings. The Balaban J connectivity index is 2.04. The number of hydrogen-bond acceptors (Lipinski definition) is 2. The minimum atomic E-state index is -0.235. The zero-order chi connectivity index (χ0) is 12.3. The Bertz CT molecular complexity index is 493. The molecule has 2 rings (SSSR count). The number of phenols is 1. The van der Waals surface area contributed by atoms with Gasteiger partial charge in [0, 0.05) is 15.1 Å². The van der Waals surface area contributed by atoms with Crippen LogP contribution in [0.25, 0.3) is 0 Å². The highest BCUT2D eigenvalue weighted by Crippen LogP contribution is 2.26. The largest absolute Gasteiger partial charge is 0.508 e. The summed E-state index contributed by atoms with van der Waals surface area (Å²) in [7, 11) is 0. The van der Waals surface area contributed by atoms with Crippen LogP contribution in [0.1, 0.15) is 5.56 Å². The molecule has 0 aliphatic rings. The number of halogens is 2. The molecular weight excluding hydrogens is 303 g/mol. The molecule has 0 radical (unpaired) electrons. The number of thioether (sulfide) groups is 1. The van der Waals surface area contributed by atoms with Crippen LogP contribution >= 0.6 is 27.7 Å². The fourth-order valence-corrected chi connectivity index (χ4v) is 2.74. The second-order valence-electron chi connectivity index (χ2n) is 3.56. The van der Waals surface area contributed by atoms with E-state index in [0.29, 0.717) is 5.75 Å². The van der Waals surface area contributed by atoms with Crippen molar-refractivity contribution in [3.63, 3.8) is 0 Å². The number of rotatable bonds is 3. The fourth-order valence-electron chi connectivity index (χ4n) is 1.40. The first-order chi connectivity index (χ1) is 8.13. The molecule has 0 amide bonds. The first-order valence-electron chi connectivity index (χ1n) is 5.00. The molecule has 17 heavy (non-hydrogen) atoms. The van der Waals surface area contributed by atoms with Crippen molar-refractivity contribution in [1.82, 2.24) is 0 Å². The lowest BCUT2D eigenvalue weighted by Gasteiger charge is -2.03. The van der Waals surface area contributed by atoms with Crippen molar-refractivity contribution in [2.24, 2.45) is 0 Å². The van der Waals surface area contributed by atoms with Gasteiger partial charge in [0.25, 0.3) is 0 Å². The van der Waals surface area contributed by atoms with Gasteiger partial charge in [0.15, 0.2) is 0 Å². The Labute approximate surface area is 112 Å². The van der Waals surface area contributed by atoms with Crippen molar-refractivity contribution in [2.45, 2.75) is 10.6 Å². The zero-order valence-electron chi connectivity index (χ0n) is 8.86. The maximum absolute atomic E-state index is 13.1. The highest BCUT2D eigenvalue weighted by atomic mass is 79.9. The van der Waals surface area contributed by atoms with Crippen LogP contribution in [0.3, 0.4) is 0 Å². The van der Waals surface area contributed by atoms with Gasteiger partial charge in [-0.05, 0) is 48.0 Å². The molecule has 0 aliphatic carbocycles. The van der Waals surface area contributed by atoms with Gasteiger partial charge in [0.2, 0.25) is 0 Å². The molecule has 0 fully saturated rings. The van der Waals surface area contributed by atoms with Crippen LogP contribution in [0, 0.1) is 5.82 Å². The van der Waals surface area contributed by atoms with Gasteiger partial charge in [-0.25, -0.2) is 4.39 Å². The Hall–Kier alpha value is -1.00. The number of benzene rings is 2. The van der Waals surface area contributed by atoms with Crippen LogP contribution < -0.4 is 0 Å². The lowest BCUT2D eigenvalue weighted by atomic mass is 10.2. The first-order valence-corrected chi connectivity index (χ1v) is 6.78. The number of aromatic hydroxyl groups is 1. The molecule has 1 N–H and O–H groups in total. The molecule has 1 nitrogen and oxygen atoms in total. The van der Waals surface area contributed by atoms with E-state index in [-0.39, 0.29) is 11.6 Å². The molecule has 0 spiro atoms. The van der Waals surface area contributed by atoms with Crippen LogP contribution in [0.2, 0.25) is 0 Å². The molecule has 4 heteroatoms. The van der Waals surface area contributed by atoms with Crippen molar-refractivity contribution < 1.29 is 9.50 Å². The van der Waals surface area contributed by atoms with Crippen LogP contribution in [0.5, 0.6) is 5.75 Å². The van der Waals surface area contributed by atoms with Gasteiger partial charge in [-0.15, -0.1) is 11.8 Å². The van der Waals surface area contributed by atoms with Gasteiger partial charge in [-0.1, -0.05) is 15.9 Å². The van der Waals surface area contributed by atoms with Crippen LogP contribution in [0.4, 0.5) is 4.39 Å². The van der Waals surface area contributed by atoms with Crippen LogP contribution in [0.15, 0.2) is 51.8 Å². The van der Waals surface area contributed by atoms with Crippen molar-refractivity contribution in [1.29, 1.82) is 0 Å². The molecule has 0 saturated carbocycles. The summed E-state index contributed by atoms with van der Waals surface area (Å²) in [5.41, 5.74) is 0.926. The Morgan fingerprint density at radius 1 is 1.12 bits per heavy atom. The summed E-state index contributed by atoms with van der Waals surface area (Å²) < 4.78 is 13.9. The lowest BCUT2D eigenvalue weighted by molar-refractivity contribution is 0.475. The topological polar surface area (TPSA) is 20.2 Å². The third-order valence-corrected chi connectivity index (χ3v) is 3.71. The monoisotopic (exact) mass is 312 g/mol. The highest BCUT2D eigenvalue weighted by molar-refractivity contribution is 9.10. The molecule has 0 saturated heterocycles. The average Bonchev–Trinajstić information content (AvgIpc) is 2.27. The average molecular weight is 313 g/mol. The summed E-state index contributed by atoms with van der Waals surface area (Å²) >= 11 is 4.87. The van der Waals surface area contributed by atoms with Gasteiger partial charge < -0.3 is 5.11 Å². The maximum atomic E-state index is 13.1. The van der Waals surface area contributed by atoms with E-state index in [1.165, 1.54) is 12.1 Å². The van der Waals surface area contributed by atoms with E-state index >= 15 is 0 Å². The predicted molar refractivity (Wildman–Crippen MR) is 71.8 cm³/mol. The smallest absolute Gasteiger partial charge is 0.124 e. The number of phenolic OH excluding ortho intramolecular Hbond substituents is 1. The van der Waals surface area contributed by atoms with Crippen molar-refractivity contribution in [3.05, 3.63) is 58.3 Å². The molecule has 0 bridgehead atoms. The van der Waals surface area contributed by atoms with Crippen molar-refractivity contribution in [3.8, 4) is 5.75 Å². The summed E-state index contributed by atoms with van der Waals surface area (Å²) in [5.74, 6) is 0.713. The summed E-state index contributed by atoms with van der Waals surface area (Å²) in [5, 5.41) is 9.15. The standard InChI is InChI=1S/C13H10BrFOS/c14-10-5-9(6-11(15)7-10)8-17-13-3-1-12(16)2-4-13/h1-7,16H,8H2. The zero-order valence-corrected chi connectivity index (χ0v) is 11.3. The van der Waals surface area contributed by atoms with Gasteiger partial charge in [-0.2, -0.15) is 0 Å². The van der Waals surface area contributed by atoms with Gasteiger partial charge in [0.05, 0.1) is 0 Å². The highest BCUT2D eigenvalue weighted by Gasteiger charge is 2.01. The van der Waals surface area contributed by atoms with E-state index in [1.807, 2.05) is 18.2 Å². The van der Waals surface area contributed by atoms with E-state index in [2.05, 4.69) is 15.9 Å². The Kier molecular flexibility index (Phi) is 4.07. The minimum absolute atomic E-state index is 0.235. The van der Waals surface area contributed by atoms with E-state index in [1.54, 1.807) is 23.9 Å².